The zero-order valence-electron chi connectivity index (χ0n) is 12.7. The summed E-state index contributed by atoms with van der Waals surface area (Å²) in [5.41, 5.74) is 2.18. The second-order valence-electron chi connectivity index (χ2n) is 5.79. The minimum atomic E-state index is -0.948. The number of aromatic carboxylic acids is 1. The van der Waals surface area contributed by atoms with Gasteiger partial charge in [-0.1, -0.05) is 19.9 Å². The van der Waals surface area contributed by atoms with Gasteiger partial charge in [-0.15, -0.1) is 11.3 Å². The van der Waals surface area contributed by atoms with Gasteiger partial charge < -0.3 is 10.4 Å². The molecule has 5 heteroatoms. The smallest absolute Gasteiger partial charge is 0.339 e. The van der Waals surface area contributed by atoms with Crippen molar-refractivity contribution in [2.75, 3.05) is 11.9 Å². The highest BCUT2D eigenvalue weighted by Crippen LogP contribution is 2.29. The molecule has 2 heterocycles. The number of hydrogen-bond donors (Lipinski definition) is 2. The van der Waals surface area contributed by atoms with Crippen molar-refractivity contribution in [2.45, 2.75) is 33.1 Å². The largest absolute Gasteiger partial charge is 0.478 e. The van der Waals surface area contributed by atoms with E-state index in [0.29, 0.717) is 17.9 Å². The molecule has 2 aromatic heterocycles. The fraction of sp³-hybridized carbons (Fsp3) is 0.375. The minimum absolute atomic E-state index is 0.0605. The van der Waals surface area contributed by atoms with Crippen LogP contribution in [0.1, 0.15) is 40.5 Å². The lowest BCUT2D eigenvalue weighted by Gasteiger charge is -2.25. The summed E-state index contributed by atoms with van der Waals surface area (Å²) in [4.78, 5) is 16.9. The number of carbonyl (C=O) groups is 1. The van der Waals surface area contributed by atoms with Gasteiger partial charge in [-0.2, -0.15) is 0 Å². The number of pyridine rings is 1. The highest BCUT2D eigenvalue weighted by molar-refractivity contribution is 7.10. The molecule has 0 spiro atoms. The van der Waals surface area contributed by atoms with E-state index in [1.54, 1.807) is 24.3 Å². The molecule has 0 unspecified atom stereocenters. The van der Waals surface area contributed by atoms with E-state index in [2.05, 4.69) is 35.6 Å². The normalized spacial score (nSPS) is 11.4. The van der Waals surface area contributed by atoms with Gasteiger partial charge in [0.15, 0.2) is 0 Å². The van der Waals surface area contributed by atoms with Crippen molar-refractivity contribution in [3.8, 4) is 0 Å². The van der Waals surface area contributed by atoms with E-state index in [9.17, 15) is 9.90 Å². The van der Waals surface area contributed by atoms with Crippen molar-refractivity contribution in [1.29, 1.82) is 0 Å². The summed E-state index contributed by atoms with van der Waals surface area (Å²) in [5.74, 6) is -0.948. The second kappa shape index (κ2) is 5.85. The number of carboxylic acids is 1. The Morgan fingerprint density at radius 1 is 1.43 bits per heavy atom. The maximum atomic E-state index is 11.4. The van der Waals surface area contributed by atoms with Crippen LogP contribution in [0.4, 0.5) is 5.69 Å². The number of anilines is 1. The molecule has 0 aliphatic heterocycles. The van der Waals surface area contributed by atoms with Crippen LogP contribution in [0, 0.1) is 13.8 Å². The molecule has 112 valence electrons. The topological polar surface area (TPSA) is 62.2 Å². The fourth-order valence-electron chi connectivity index (χ4n) is 2.31. The number of aryl methyl sites for hydroxylation is 2. The molecule has 0 saturated carbocycles. The number of nitrogens with zero attached hydrogens (tertiary/aromatic N) is 1. The molecule has 2 rings (SSSR count). The molecule has 0 radical (unpaired) electrons. The molecule has 4 nitrogen and oxygen atoms in total. The molecule has 2 N–H and O–H groups in total. The third-order valence-corrected chi connectivity index (χ3v) is 4.69. The summed E-state index contributed by atoms with van der Waals surface area (Å²) in [6, 6.07) is 5.93. The fourth-order valence-corrected chi connectivity index (χ4v) is 3.16. The first-order chi connectivity index (χ1) is 9.81. The second-order valence-corrected chi connectivity index (χ2v) is 6.74. The van der Waals surface area contributed by atoms with Gasteiger partial charge in [0.25, 0.3) is 0 Å². The zero-order valence-corrected chi connectivity index (χ0v) is 13.5. The Kier molecular flexibility index (Phi) is 4.32. The predicted molar refractivity (Wildman–Crippen MR) is 86.5 cm³/mol. The van der Waals surface area contributed by atoms with Crippen molar-refractivity contribution in [2.24, 2.45) is 0 Å². The maximum Gasteiger partial charge on any atom is 0.339 e. The van der Waals surface area contributed by atoms with Crippen LogP contribution in [0.25, 0.3) is 0 Å². The van der Waals surface area contributed by atoms with Crippen molar-refractivity contribution in [3.63, 3.8) is 0 Å². The van der Waals surface area contributed by atoms with Gasteiger partial charge in [-0.25, -0.2) is 4.79 Å². The Bertz CT molecular complexity index is 649. The van der Waals surface area contributed by atoms with Gasteiger partial charge >= 0.3 is 5.97 Å². The van der Waals surface area contributed by atoms with Crippen molar-refractivity contribution < 1.29 is 9.90 Å². The lowest BCUT2D eigenvalue weighted by atomic mass is 9.91. The Balaban J connectivity index is 2.26. The van der Waals surface area contributed by atoms with E-state index < -0.39 is 5.97 Å². The van der Waals surface area contributed by atoms with Crippen LogP contribution < -0.4 is 5.32 Å². The van der Waals surface area contributed by atoms with E-state index in [-0.39, 0.29) is 11.0 Å². The molecular weight excluding hydrogens is 284 g/mol. The lowest BCUT2D eigenvalue weighted by Crippen LogP contribution is -2.27. The number of thiophene rings is 1. The van der Waals surface area contributed by atoms with E-state index in [0.717, 1.165) is 5.69 Å². The summed E-state index contributed by atoms with van der Waals surface area (Å²) >= 11 is 1.71. The molecular formula is C16H20N2O2S. The standard InChI is InChI=1S/C16H20N2O2S/c1-10-8-12(14(15(19)20)11(2)18-10)17-9-16(3,4)13-6-5-7-21-13/h5-8H,9H2,1-4H3,(H,17,18)(H,19,20). The predicted octanol–water partition coefficient (Wildman–Crippen LogP) is 3.85. The van der Waals surface area contributed by atoms with E-state index in [1.165, 1.54) is 4.88 Å². The molecule has 0 bridgehead atoms. The van der Waals surface area contributed by atoms with Crippen LogP contribution >= 0.6 is 11.3 Å². The number of nitrogens with one attached hydrogen (secondary N) is 1. The maximum absolute atomic E-state index is 11.4. The van der Waals surface area contributed by atoms with Gasteiger partial charge in [0, 0.05) is 22.5 Å². The first-order valence-corrected chi connectivity index (χ1v) is 7.68. The molecule has 0 aliphatic carbocycles. The average Bonchev–Trinajstić information content (AvgIpc) is 2.89. The summed E-state index contributed by atoms with van der Waals surface area (Å²) < 4.78 is 0. The van der Waals surface area contributed by atoms with Gasteiger partial charge in [0.05, 0.1) is 11.4 Å². The van der Waals surface area contributed by atoms with Crippen LogP contribution in [-0.2, 0) is 5.41 Å². The van der Waals surface area contributed by atoms with Crippen LogP contribution in [0.5, 0.6) is 0 Å². The third-order valence-electron chi connectivity index (χ3n) is 3.45. The van der Waals surface area contributed by atoms with E-state index in [1.807, 2.05) is 13.0 Å². The summed E-state index contributed by atoms with van der Waals surface area (Å²) in [5, 5.41) is 14.7. The molecule has 2 aromatic rings. The van der Waals surface area contributed by atoms with Crippen molar-refractivity contribution in [1.82, 2.24) is 4.98 Å². The van der Waals surface area contributed by atoms with Crippen LogP contribution in [-0.4, -0.2) is 22.6 Å². The highest BCUT2D eigenvalue weighted by Gasteiger charge is 2.23. The molecule has 21 heavy (non-hydrogen) atoms. The molecule has 0 amide bonds. The van der Waals surface area contributed by atoms with E-state index >= 15 is 0 Å². The Hall–Kier alpha value is -1.88. The van der Waals surface area contributed by atoms with Gasteiger partial charge in [-0.05, 0) is 31.4 Å². The van der Waals surface area contributed by atoms with E-state index in [4.69, 9.17) is 0 Å². The Labute approximate surface area is 128 Å². The lowest BCUT2D eigenvalue weighted by molar-refractivity contribution is 0.0696. The Morgan fingerprint density at radius 2 is 2.14 bits per heavy atom. The van der Waals surface area contributed by atoms with Crippen LogP contribution in [0.2, 0.25) is 0 Å². The number of carboxylic acid groups (broad SMARTS) is 1. The summed E-state index contributed by atoms with van der Waals surface area (Å²) in [6.45, 7) is 8.55. The third kappa shape index (κ3) is 3.42. The molecule has 0 fully saturated rings. The molecule has 0 aromatic carbocycles. The van der Waals surface area contributed by atoms with Gasteiger partial charge in [0.2, 0.25) is 0 Å². The molecule has 0 aliphatic rings. The SMILES string of the molecule is Cc1cc(NCC(C)(C)c2cccs2)c(C(=O)O)c(C)n1. The number of rotatable bonds is 5. The Morgan fingerprint density at radius 3 is 2.71 bits per heavy atom. The van der Waals surface area contributed by atoms with Crippen molar-refractivity contribution in [3.05, 3.63) is 45.4 Å². The molecule has 0 atom stereocenters. The van der Waals surface area contributed by atoms with Gasteiger partial charge in [-0.3, -0.25) is 4.98 Å². The average molecular weight is 304 g/mol. The van der Waals surface area contributed by atoms with Crippen LogP contribution in [0.15, 0.2) is 23.6 Å². The quantitative estimate of drug-likeness (QED) is 0.881. The monoisotopic (exact) mass is 304 g/mol. The number of hydrogen-bond acceptors (Lipinski definition) is 4. The minimum Gasteiger partial charge on any atom is -0.478 e. The number of aromatic nitrogens is 1. The van der Waals surface area contributed by atoms with Crippen molar-refractivity contribution >= 4 is 23.0 Å². The highest BCUT2D eigenvalue weighted by atomic mass is 32.1. The molecule has 0 saturated heterocycles. The summed E-state index contributed by atoms with van der Waals surface area (Å²) in [7, 11) is 0. The first-order valence-electron chi connectivity index (χ1n) is 6.80. The van der Waals surface area contributed by atoms with Crippen LogP contribution in [0.3, 0.4) is 0 Å². The van der Waals surface area contributed by atoms with Gasteiger partial charge in [0.1, 0.15) is 5.56 Å². The zero-order chi connectivity index (χ0) is 15.6. The summed E-state index contributed by atoms with van der Waals surface area (Å²) in [6.07, 6.45) is 0. The first kappa shape index (κ1) is 15.5.